The molecule has 3 rings (SSSR count). The van der Waals surface area contributed by atoms with Crippen LogP contribution in [0.4, 0.5) is 0 Å². The van der Waals surface area contributed by atoms with Gasteiger partial charge in [-0.05, 0) is 42.2 Å². The van der Waals surface area contributed by atoms with E-state index in [1.54, 1.807) is 7.11 Å². The molecular formula is C24H34N4O2. The van der Waals surface area contributed by atoms with E-state index in [2.05, 4.69) is 58.9 Å². The van der Waals surface area contributed by atoms with Crippen LogP contribution in [0.15, 0.2) is 53.5 Å². The van der Waals surface area contributed by atoms with Crippen molar-refractivity contribution in [3.8, 4) is 5.75 Å². The van der Waals surface area contributed by atoms with Crippen molar-refractivity contribution in [3.63, 3.8) is 0 Å². The first kappa shape index (κ1) is 22.1. The molecule has 1 fully saturated rings. The second-order valence-electron chi connectivity index (χ2n) is 7.43. The molecule has 2 aromatic rings. The molecule has 0 radical (unpaired) electrons. The molecule has 6 nitrogen and oxygen atoms in total. The molecule has 0 aromatic heterocycles. The average molecular weight is 411 g/mol. The van der Waals surface area contributed by atoms with E-state index in [1.165, 1.54) is 16.7 Å². The second kappa shape index (κ2) is 12.2. The van der Waals surface area contributed by atoms with Gasteiger partial charge in [0.1, 0.15) is 5.75 Å². The second-order valence-corrected chi connectivity index (χ2v) is 7.43. The highest BCUT2D eigenvalue weighted by Crippen LogP contribution is 2.12. The Balaban J connectivity index is 1.51. The SMILES string of the molecule is CCNC(=NCc1cccc(CN2CCOCC2)c1)NCCc1ccc(OC)cc1. The third-order valence-corrected chi connectivity index (χ3v) is 5.13. The number of ether oxygens (including phenoxy) is 2. The van der Waals surface area contributed by atoms with Crippen LogP contribution < -0.4 is 15.4 Å². The minimum Gasteiger partial charge on any atom is -0.497 e. The van der Waals surface area contributed by atoms with Crippen LogP contribution in [0.3, 0.4) is 0 Å². The molecule has 1 heterocycles. The molecule has 30 heavy (non-hydrogen) atoms. The van der Waals surface area contributed by atoms with Crippen LogP contribution in [0.2, 0.25) is 0 Å². The maximum Gasteiger partial charge on any atom is 0.191 e. The summed E-state index contributed by atoms with van der Waals surface area (Å²) in [5.74, 6) is 1.74. The summed E-state index contributed by atoms with van der Waals surface area (Å²) in [5, 5.41) is 6.77. The first-order valence-electron chi connectivity index (χ1n) is 10.8. The van der Waals surface area contributed by atoms with E-state index in [1.807, 2.05) is 12.1 Å². The molecular weight excluding hydrogens is 376 g/mol. The van der Waals surface area contributed by atoms with Gasteiger partial charge in [0.2, 0.25) is 0 Å². The lowest BCUT2D eigenvalue weighted by Crippen LogP contribution is -2.38. The number of aliphatic imine (C=N–C) groups is 1. The summed E-state index contributed by atoms with van der Waals surface area (Å²) < 4.78 is 10.7. The number of guanidine groups is 1. The van der Waals surface area contributed by atoms with E-state index in [0.29, 0.717) is 6.54 Å². The van der Waals surface area contributed by atoms with Gasteiger partial charge in [0.05, 0.1) is 26.9 Å². The highest BCUT2D eigenvalue weighted by atomic mass is 16.5. The van der Waals surface area contributed by atoms with Crippen LogP contribution in [-0.2, 0) is 24.2 Å². The van der Waals surface area contributed by atoms with Crippen LogP contribution in [-0.4, -0.2) is 57.4 Å². The summed E-state index contributed by atoms with van der Waals surface area (Å²) in [7, 11) is 1.69. The molecule has 0 amide bonds. The first-order chi connectivity index (χ1) is 14.8. The highest BCUT2D eigenvalue weighted by Gasteiger charge is 2.10. The molecule has 0 unspecified atom stereocenters. The van der Waals surface area contributed by atoms with Gasteiger partial charge in [-0.3, -0.25) is 4.90 Å². The van der Waals surface area contributed by atoms with E-state index in [4.69, 9.17) is 14.5 Å². The molecule has 1 aliphatic rings. The molecule has 1 aliphatic heterocycles. The molecule has 0 atom stereocenters. The summed E-state index contributed by atoms with van der Waals surface area (Å²) in [6, 6.07) is 16.9. The molecule has 2 N–H and O–H groups in total. The molecule has 0 bridgehead atoms. The van der Waals surface area contributed by atoms with E-state index >= 15 is 0 Å². The lowest BCUT2D eigenvalue weighted by atomic mass is 10.1. The van der Waals surface area contributed by atoms with Crippen molar-refractivity contribution in [2.45, 2.75) is 26.4 Å². The van der Waals surface area contributed by atoms with E-state index in [-0.39, 0.29) is 0 Å². The van der Waals surface area contributed by atoms with E-state index < -0.39 is 0 Å². The average Bonchev–Trinajstić information content (AvgIpc) is 2.79. The molecule has 2 aromatic carbocycles. The molecule has 0 saturated carbocycles. The zero-order valence-corrected chi connectivity index (χ0v) is 18.2. The number of hydrogen-bond acceptors (Lipinski definition) is 4. The number of morpholine rings is 1. The standard InChI is InChI=1S/C24H34N4O2/c1-3-25-24(26-12-11-20-7-9-23(29-2)10-8-20)27-18-21-5-4-6-22(17-21)19-28-13-15-30-16-14-28/h4-10,17H,3,11-16,18-19H2,1-2H3,(H2,25,26,27). The van der Waals surface area contributed by atoms with Gasteiger partial charge >= 0.3 is 0 Å². The van der Waals surface area contributed by atoms with Gasteiger partial charge in [-0.15, -0.1) is 0 Å². The van der Waals surface area contributed by atoms with Crippen molar-refractivity contribution in [1.29, 1.82) is 0 Å². The Morgan fingerprint density at radius 2 is 1.80 bits per heavy atom. The minimum atomic E-state index is 0.662. The summed E-state index contributed by atoms with van der Waals surface area (Å²) in [5.41, 5.74) is 3.84. The van der Waals surface area contributed by atoms with Crippen molar-refractivity contribution in [3.05, 3.63) is 65.2 Å². The van der Waals surface area contributed by atoms with Gasteiger partial charge < -0.3 is 20.1 Å². The van der Waals surface area contributed by atoms with Crippen molar-refractivity contribution < 1.29 is 9.47 Å². The summed E-state index contributed by atoms with van der Waals surface area (Å²) in [6.07, 6.45) is 0.934. The van der Waals surface area contributed by atoms with Crippen LogP contribution in [0.1, 0.15) is 23.6 Å². The Labute approximate surface area is 180 Å². The summed E-state index contributed by atoms with van der Waals surface area (Å²) >= 11 is 0. The molecule has 162 valence electrons. The number of rotatable bonds is 9. The fourth-order valence-electron chi connectivity index (χ4n) is 3.47. The Kier molecular flexibility index (Phi) is 9.00. The van der Waals surface area contributed by atoms with E-state index in [9.17, 15) is 0 Å². The predicted octanol–water partition coefficient (Wildman–Crippen LogP) is 2.83. The number of benzene rings is 2. The smallest absolute Gasteiger partial charge is 0.191 e. The maximum absolute atomic E-state index is 5.44. The van der Waals surface area contributed by atoms with Crippen molar-refractivity contribution >= 4 is 5.96 Å². The van der Waals surface area contributed by atoms with Gasteiger partial charge in [-0.2, -0.15) is 0 Å². The number of hydrogen-bond donors (Lipinski definition) is 2. The number of nitrogens with zero attached hydrogens (tertiary/aromatic N) is 2. The van der Waals surface area contributed by atoms with E-state index in [0.717, 1.165) is 64.1 Å². The molecule has 6 heteroatoms. The lowest BCUT2D eigenvalue weighted by Gasteiger charge is -2.26. The van der Waals surface area contributed by atoms with Crippen LogP contribution in [0.5, 0.6) is 5.75 Å². The normalized spacial score (nSPS) is 15.1. The Morgan fingerprint density at radius 3 is 2.53 bits per heavy atom. The van der Waals surface area contributed by atoms with Crippen LogP contribution in [0.25, 0.3) is 0 Å². The van der Waals surface area contributed by atoms with Gasteiger partial charge in [-0.25, -0.2) is 4.99 Å². The highest BCUT2D eigenvalue weighted by molar-refractivity contribution is 5.79. The lowest BCUT2D eigenvalue weighted by molar-refractivity contribution is 0.0342. The largest absolute Gasteiger partial charge is 0.497 e. The minimum absolute atomic E-state index is 0.662. The van der Waals surface area contributed by atoms with Crippen molar-refractivity contribution in [1.82, 2.24) is 15.5 Å². The summed E-state index contributed by atoms with van der Waals surface area (Å²) in [6.45, 7) is 9.06. The third-order valence-electron chi connectivity index (χ3n) is 5.13. The van der Waals surface area contributed by atoms with Gasteiger partial charge in [0.25, 0.3) is 0 Å². The molecule has 1 saturated heterocycles. The first-order valence-corrected chi connectivity index (χ1v) is 10.8. The number of nitrogens with one attached hydrogen (secondary N) is 2. The zero-order valence-electron chi connectivity index (χ0n) is 18.2. The quantitative estimate of drug-likeness (QED) is 0.492. The zero-order chi connectivity index (χ0) is 21.0. The number of methoxy groups -OCH3 is 1. The van der Waals surface area contributed by atoms with Gasteiger partial charge in [0.15, 0.2) is 5.96 Å². The summed E-state index contributed by atoms with van der Waals surface area (Å²) in [4.78, 5) is 7.21. The molecule has 0 aliphatic carbocycles. The monoisotopic (exact) mass is 410 g/mol. The van der Waals surface area contributed by atoms with Crippen LogP contribution >= 0.6 is 0 Å². The fraction of sp³-hybridized carbons (Fsp3) is 0.458. The van der Waals surface area contributed by atoms with Gasteiger partial charge in [0, 0.05) is 32.7 Å². The topological polar surface area (TPSA) is 58.1 Å². The Hall–Kier alpha value is -2.57. The maximum atomic E-state index is 5.44. The van der Waals surface area contributed by atoms with Crippen molar-refractivity contribution in [2.75, 3.05) is 46.5 Å². The third kappa shape index (κ3) is 7.35. The van der Waals surface area contributed by atoms with Gasteiger partial charge in [-0.1, -0.05) is 36.4 Å². The van der Waals surface area contributed by atoms with Crippen LogP contribution in [0, 0.1) is 0 Å². The Bertz CT molecular complexity index is 786. The predicted molar refractivity (Wildman–Crippen MR) is 122 cm³/mol. The molecule has 0 spiro atoms. The van der Waals surface area contributed by atoms with Crippen molar-refractivity contribution in [2.24, 2.45) is 4.99 Å². The fourth-order valence-corrected chi connectivity index (χ4v) is 3.47. The Morgan fingerprint density at radius 1 is 1.03 bits per heavy atom.